The molecule has 29 heavy (non-hydrogen) atoms. The fourth-order valence-corrected chi connectivity index (χ4v) is 9.16. The molecule has 0 spiro atoms. The zero-order chi connectivity index (χ0) is 21.1. The summed E-state index contributed by atoms with van der Waals surface area (Å²) in [4.78, 5) is 13.3. The first-order valence-electron chi connectivity index (χ1n) is 10.2. The lowest BCUT2D eigenvalue weighted by molar-refractivity contribution is 0.121. The number of likely N-dealkylation sites (tertiary alicyclic amines) is 1. The predicted molar refractivity (Wildman–Crippen MR) is 119 cm³/mol. The second kappa shape index (κ2) is 8.69. The average molecular weight is 413 g/mol. The van der Waals surface area contributed by atoms with Crippen molar-refractivity contribution in [2.75, 3.05) is 19.7 Å². The Balaban J connectivity index is 2.01. The topological polar surface area (TPSA) is 75.8 Å². The minimum Gasteiger partial charge on any atom is -0.465 e. The maximum absolute atomic E-state index is 11.8. The Kier molecular flexibility index (Phi) is 6.46. The quantitative estimate of drug-likeness (QED) is 0.716. The van der Waals surface area contributed by atoms with E-state index in [1.807, 2.05) is 12.1 Å². The van der Waals surface area contributed by atoms with E-state index in [2.05, 4.69) is 69.3 Å². The molecule has 3 N–H and O–H groups in total. The van der Waals surface area contributed by atoms with Crippen molar-refractivity contribution in [3.8, 4) is 0 Å². The molecule has 2 aromatic carbocycles. The Morgan fingerprint density at radius 1 is 1.10 bits per heavy atom. The number of rotatable bonds is 6. The van der Waals surface area contributed by atoms with E-state index in [4.69, 9.17) is 10.2 Å². The zero-order valence-corrected chi connectivity index (χ0v) is 18.5. The van der Waals surface area contributed by atoms with Crippen LogP contribution < -0.4 is 16.1 Å². The number of amides is 1. The maximum atomic E-state index is 11.8. The molecule has 0 aromatic heterocycles. The molecular formula is C23H32N2O3Si. The van der Waals surface area contributed by atoms with Crippen LogP contribution in [-0.2, 0) is 4.43 Å². The molecule has 0 radical (unpaired) electrons. The van der Waals surface area contributed by atoms with Gasteiger partial charge in [0.05, 0.1) is 12.6 Å². The Bertz CT molecular complexity index is 768. The molecule has 6 heteroatoms. The van der Waals surface area contributed by atoms with Crippen molar-refractivity contribution >= 4 is 24.8 Å². The van der Waals surface area contributed by atoms with Crippen LogP contribution in [0.4, 0.5) is 4.79 Å². The van der Waals surface area contributed by atoms with Crippen molar-refractivity contribution in [2.24, 2.45) is 11.7 Å². The van der Waals surface area contributed by atoms with Crippen LogP contribution in [0, 0.1) is 5.92 Å². The van der Waals surface area contributed by atoms with Gasteiger partial charge in [-0.15, -0.1) is 0 Å². The number of carboxylic acid groups (broad SMARTS) is 1. The summed E-state index contributed by atoms with van der Waals surface area (Å²) >= 11 is 0. The van der Waals surface area contributed by atoms with Crippen molar-refractivity contribution in [3.05, 3.63) is 60.7 Å². The van der Waals surface area contributed by atoms with Crippen molar-refractivity contribution < 1.29 is 14.3 Å². The lowest BCUT2D eigenvalue weighted by atomic mass is 10.1. The summed E-state index contributed by atoms with van der Waals surface area (Å²) in [6.45, 7) is 8.05. The van der Waals surface area contributed by atoms with Crippen LogP contribution in [-0.4, -0.2) is 50.2 Å². The normalized spacial score (nSPS) is 20.1. The van der Waals surface area contributed by atoms with Crippen molar-refractivity contribution in [2.45, 2.75) is 38.3 Å². The molecule has 5 nitrogen and oxygen atoms in total. The predicted octanol–water partition coefficient (Wildman–Crippen LogP) is 2.89. The molecule has 1 fully saturated rings. The maximum Gasteiger partial charge on any atom is 0.407 e. The SMILES string of the molecule is CC(C)(C)[Si](OC[C@@H]1C[C@@H](CN)CN1C(=O)O)(c1ccccc1)c1ccccc1. The molecule has 0 bridgehead atoms. The molecule has 2 atom stereocenters. The van der Waals surface area contributed by atoms with Crippen molar-refractivity contribution in [1.82, 2.24) is 4.90 Å². The lowest BCUT2D eigenvalue weighted by Gasteiger charge is -2.44. The summed E-state index contributed by atoms with van der Waals surface area (Å²) in [6, 6.07) is 20.7. The summed E-state index contributed by atoms with van der Waals surface area (Å²) in [7, 11) is -2.66. The van der Waals surface area contributed by atoms with Gasteiger partial charge in [-0.2, -0.15) is 0 Å². The third kappa shape index (κ3) is 4.24. The Hall–Kier alpha value is -2.15. The molecule has 1 amide bonds. The smallest absolute Gasteiger partial charge is 0.407 e. The van der Waals surface area contributed by atoms with E-state index >= 15 is 0 Å². The molecule has 1 aliphatic rings. The van der Waals surface area contributed by atoms with Gasteiger partial charge in [0, 0.05) is 6.54 Å². The second-order valence-corrected chi connectivity index (χ2v) is 13.2. The summed E-state index contributed by atoms with van der Waals surface area (Å²) < 4.78 is 6.92. The third-order valence-electron chi connectivity index (χ3n) is 5.99. The molecular weight excluding hydrogens is 380 g/mol. The molecule has 1 heterocycles. The highest BCUT2D eigenvalue weighted by molar-refractivity contribution is 6.99. The summed E-state index contributed by atoms with van der Waals surface area (Å²) in [6.07, 6.45) is -0.141. The Labute approximate surface area is 174 Å². The molecule has 2 aromatic rings. The van der Waals surface area contributed by atoms with Gasteiger partial charge < -0.3 is 20.2 Å². The van der Waals surface area contributed by atoms with Crippen LogP contribution in [0.2, 0.25) is 5.04 Å². The number of benzene rings is 2. The van der Waals surface area contributed by atoms with E-state index in [0.717, 1.165) is 6.42 Å². The van der Waals surface area contributed by atoms with Crippen LogP contribution in [0.15, 0.2) is 60.7 Å². The van der Waals surface area contributed by atoms with Gasteiger partial charge in [0.2, 0.25) is 0 Å². The minimum atomic E-state index is -2.66. The van der Waals surface area contributed by atoms with Crippen LogP contribution in [0.5, 0.6) is 0 Å². The molecule has 156 valence electrons. The van der Waals surface area contributed by atoms with E-state index in [0.29, 0.717) is 19.7 Å². The fourth-order valence-electron chi connectivity index (χ4n) is 4.56. The molecule has 1 saturated heterocycles. The van der Waals surface area contributed by atoms with Gasteiger partial charge in [-0.3, -0.25) is 0 Å². The number of carbonyl (C=O) groups is 1. The lowest BCUT2D eigenvalue weighted by Crippen LogP contribution is -2.67. The summed E-state index contributed by atoms with van der Waals surface area (Å²) in [5, 5.41) is 11.9. The van der Waals surface area contributed by atoms with E-state index in [-0.39, 0.29) is 17.0 Å². The highest BCUT2D eigenvalue weighted by atomic mass is 28.4. The number of hydrogen-bond acceptors (Lipinski definition) is 3. The first-order chi connectivity index (χ1) is 13.8. The van der Waals surface area contributed by atoms with Gasteiger partial charge in [-0.1, -0.05) is 81.4 Å². The monoisotopic (exact) mass is 412 g/mol. The molecule has 0 saturated carbocycles. The highest BCUT2D eigenvalue weighted by Gasteiger charge is 2.51. The van der Waals surface area contributed by atoms with Crippen LogP contribution in [0.3, 0.4) is 0 Å². The second-order valence-electron chi connectivity index (χ2n) is 8.90. The van der Waals surface area contributed by atoms with E-state index in [1.54, 1.807) is 0 Å². The average Bonchev–Trinajstić information content (AvgIpc) is 3.13. The van der Waals surface area contributed by atoms with Gasteiger partial charge >= 0.3 is 6.09 Å². The standard InChI is InChI=1S/C23H32N2O3Si/c1-23(2,3)29(20-10-6-4-7-11-20,21-12-8-5-9-13-21)28-17-19-14-18(15-24)16-25(19)22(26)27/h4-13,18-19H,14-17,24H2,1-3H3,(H,26,27)/t18-,19-/m0/s1. The Morgan fingerprint density at radius 3 is 2.03 bits per heavy atom. The molecule has 0 unspecified atom stereocenters. The molecule has 0 aliphatic carbocycles. The van der Waals surface area contributed by atoms with E-state index in [9.17, 15) is 9.90 Å². The van der Waals surface area contributed by atoms with Gasteiger partial charge in [0.1, 0.15) is 0 Å². The van der Waals surface area contributed by atoms with Crippen molar-refractivity contribution in [3.63, 3.8) is 0 Å². The third-order valence-corrected chi connectivity index (χ3v) is 11.0. The summed E-state index contributed by atoms with van der Waals surface area (Å²) in [5.74, 6) is 0.193. The van der Waals surface area contributed by atoms with E-state index < -0.39 is 14.4 Å². The van der Waals surface area contributed by atoms with Gasteiger partial charge in [0.25, 0.3) is 8.32 Å². The minimum absolute atomic E-state index is 0.129. The largest absolute Gasteiger partial charge is 0.465 e. The van der Waals surface area contributed by atoms with Crippen LogP contribution >= 0.6 is 0 Å². The van der Waals surface area contributed by atoms with Crippen molar-refractivity contribution in [1.29, 1.82) is 0 Å². The highest BCUT2D eigenvalue weighted by Crippen LogP contribution is 2.37. The van der Waals surface area contributed by atoms with Gasteiger partial charge in [-0.05, 0) is 34.3 Å². The first-order valence-corrected chi connectivity index (χ1v) is 12.1. The molecule has 3 rings (SSSR count). The zero-order valence-electron chi connectivity index (χ0n) is 17.5. The Morgan fingerprint density at radius 2 is 1.62 bits per heavy atom. The molecule has 1 aliphatic heterocycles. The van der Waals surface area contributed by atoms with E-state index in [1.165, 1.54) is 15.3 Å². The van der Waals surface area contributed by atoms with Gasteiger partial charge in [-0.25, -0.2) is 4.79 Å². The van der Waals surface area contributed by atoms with Gasteiger partial charge in [0.15, 0.2) is 0 Å². The number of hydrogen-bond donors (Lipinski definition) is 2. The first kappa shape index (κ1) is 21.6. The summed E-state index contributed by atoms with van der Waals surface area (Å²) in [5.41, 5.74) is 5.84. The number of nitrogens with two attached hydrogens (primary N) is 1. The fraction of sp³-hybridized carbons (Fsp3) is 0.435. The van der Waals surface area contributed by atoms with Crippen LogP contribution in [0.25, 0.3) is 0 Å². The number of nitrogens with zero attached hydrogens (tertiary/aromatic N) is 1. The van der Waals surface area contributed by atoms with Crippen LogP contribution in [0.1, 0.15) is 27.2 Å².